The van der Waals surface area contributed by atoms with Crippen LogP contribution in [0.5, 0.6) is 0 Å². The molecule has 0 aliphatic carbocycles. The largest absolute Gasteiger partial charge is 0.352 e. The summed E-state index contributed by atoms with van der Waals surface area (Å²) in [5.74, 6) is 0.899. The van der Waals surface area contributed by atoms with E-state index in [0.29, 0.717) is 30.2 Å². The van der Waals surface area contributed by atoms with Gasteiger partial charge in [-0.1, -0.05) is 23.4 Å². The Balaban J connectivity index is 1.32. The van der Waals surface area contributed by atoms with Crippen LogP contribution in [0, 0.1) is 6.92 Å². The number of aryl methyl sites for hydroxylation is 1. The molecule has 28 heavy (non-hydrogen) atoms. The molecular weight excluding hydrogens is 354 g/mol. The molecule has 1 amide bonds. The Kier molecular flexibility index (Phi) is 4.97. The summed E-state index contributed by atoms with van der Waals surface area (Å²) in [6, 6.07) is 17.0. The lowest BCUT2D eigenvalue weighted by Gasteiger charge is -2.05. The molecule has 7 heteroatoms. The SMILES string of the molecule is Cc1noc(-c2ccc(C(=O)NCCc3cnn(-c4ccccc4)c3)cc2)n1. The van der Waals surface area contributed by atoms with E-state index in [4.69, 9.17) is 4.52 Å². The highest BCUT2D eigenvalue weighted by Crippen LogP contribution is 2.17. The van der Waals surface area contributed by atoms with Crippen molar-refractivity contribution in [2.45, 2.75) is 13.3 Å². The van der Waals surface area contributed by atoms with Gasteiger partial charge in [-0.15, -0.1) is 0 Å². The molecule has 4 aromatic rings. The van der Waals surface area contributed by atoms with Gasteiger partial charge in [0.2, 0.25) is 0 Å². The van der Waals surface area contributed by atoms with Gasteiger partial charge >= 0.3 is 0 Å². The number of para-hydroxylation sites is 1. The minimum absolute atomic E-state index is 0.122. The van der Waals surface area contributed by atoms with Crippen LogP contribution in [0.2, 0.25) is 0 Å². The fraction of sp³-hybridized carbons (Fsp3) is 0.143. The minimum Gasteiger partial charge on any atom is -0.352 e. The molecule has 7 nitrogen and oxygen atoms in total. The van der Waals surface area contributed by atoms with Gasteiger partial charge in [0.15, 0.2) is 5.82 Å². The molecule has 0 aliphatic rings. The zero-order valence-electron chi connectivity index (χ0n) is 15.4. The maximum Gasteiger partial charge on any atom is 0.257 e. The smallest absolute Gasteiger partial charge is 0.257 e. The number of rotatable bonds is 6. The van der Waals surface area contributed by atoms with Crippen LogP contribution in [-0.2, 0) is 6.42 Å². The summed E-state index contributed by atoms with van der Waals surface area (Å²) in [5, 5.41) is 11.1. The van der Waals surface area contributed by atoms with Crippen molar-refractivity contribution in [2.24, 2.45) is 0 Å². The Morgan fingerprint density at radius 3 is 2.61 bits per heavy atom. The highest BCUT2D eigenvalue weighted by molar-refractivity contribution is 5.94. The monoisotopic (exact) mass is 373 g/mol. The standard InChI is InChI=1S/C21H19N5O2/c1-15-24-21(28-25-15)18-9-7-17(8-10-18)20(27)22-12-11-16-13-23-26(14-16)19-5-3-2-4-6-19/h2-10,13-14H,11-12H2,1H3,(H,22,27). The van der Waals surface area contributed by atoms with Gasteiger partial charge in [-0.2, -0.15) is 10.1 Å². The zero-order chi connectivity index (χ0) is 19.3. The summed E-state index contributed by atoms with van der Waals surface area (Å²) < 4.78 is 6.96. The van der Waals surface area contributed by atoms with Crippen molar-refractivity contribution in [2.75, 3.05) is 6.54 Å². The fourth-order valence-electron chi connectivity index (χ4n) is 2.81. The van der Waals surface area contributed by atoms with Gasteiger partial charge in [-0.3, -0.25) is 4.79 Å². The third-order valence-electron chi connectivity index (χ3n) is 4.28. The Morgan fingerprint density at radius 2 is 1.89 bits per heavy atom. The molecule has 0 radical (unpaired) electrons. The molecule has 4 rings (SSSR count). The lowest BCUT2D eigenvalue weighted by atomic mass is 10.1. The molecular formula is C21H19N5O2. The number of hydrogen-bond donors (Lipinski definition) is 1. The number of nitrogens with one attached hydrogen (secondary N) is 1. The molecule has 0 bridgehead atoms. The van der Waals surface area contributed by atoms with Crippen LogP contribution in [0.1, 0.15) is 21.7 Å². The van der Waals surface area contributed by atoms with Crippen LogP contribution in [0.25, 0.3) is 17.1 Å². The molecule has 2 heterocycles. The van der Waals surface area contributed by atoms with Crippen LogP contribution < -0.4 is 5.32 Å². The lowest BCUT2D eigenvalue weighted by Crippen LogP contribution is -2.25. The van der Waals surface area contributed by atoms with E-state index in [1.54, 1.807) is 31.2 Å². The summed E-state index contributed by atoms with van der Waals surface area (Å²) in [7, 11) is 0. The Labute approximate surface area is 162 Å². The van der Waals surface area contributed by atoms with Crippen LogP contribution in [0.15, 0.2) is 71.5 Å². The molecule has 0 spiro atoms. The molecule has 2 aromatic carbocycles. The third kappa shape index (κ3) is 3.98. The van der Waals surface area contributed by atoms with Gasteiger partial charge < -0.3 is 9.84 Å². The quantitative estimate of drug-likeness (QED) is 0.561. The van der Waals surface area contributed by atoms with Gasteiger partial charge in [0.1, 0.15) is 0 Å². The fourth-order valence-corrected chi connectivity index (χ4v) is 2.81. The average Bonchev–Trinajstić information content (AvgIpc) is 3.38. The molecule has 0 saturated heterocycles. The number of benzene rings is 2. The van der Waals surface area contributed by atoms with E-state index >= 15 is 0 Å². The van der Waals surface area contributed by atoms with Gasteiger partial charge in [-0.25, -0.2) is 4.68 Å². The van der Waals surface area contributed by atoms with E-state index in [9.17, 15) is 4.79 Å². The number of nitrogens with zero attached hydrogens (tertiary/aromatic N) is 4. The van der Waals surface area contributed by atoms with Crippen molar-refractivity contribution in [1.29, 1.82) is 0 Å². The summed E-state index contributed by atoms with van der Waals surface area (Å²) in [5.41, 5.74) is 3.44. The van der Waals surface area contributed by atoms with E-state index in [1.165, 1.54) is 0 Å². The molecule has 0 atom stereocenters. The Bertz CT molecular complexity index is 1070. The number of hydrogen-bond acceptors (Lipinski definition) is 5. The number of carbonyl (C=O) groups is 1. The molecule has 2 aromatic heterocycles. The molecule has 0 saturated carbocycles. The van der Waals surface area contributed by atoms with Crippen LogP contribution >= 0.6 is 0 Å². The first kappa shape index (κ1) is 17.7. The zero-order valence-corrected chi connectivity index (χ0v) is 15.4. The van der Waals surface area contributed by atoms with Gasteiger partial charge in [-0.05, 0) is 55.3 Å². The normalized spacial score (nSPS) is 10.8. The van der Waals surface area contributed by atoms with Crippen molar-refractivity contribution >= 4 is 5.91 Å². The Hall–Kier alpha value is -3.74. The number of aromatic nitrogens is 4. The van der Waals surface area contributed by atoms with E-state index < -0.39 is 0 Å². The highest BCUT2D eigenvalue weighted by Gasteiger charge is 2.09. The third-order valence-corrected chi connectivity index (χ3v) is 4.28. The first-order valence-corrected chi connectivity index (χ1v) is 8.97. The summed E-state index contributed by atoms with van der Waals surface area (Å²) >= 11 is 0. The minimum atomic E-state index is -0.122. The molecule has 0 unspecified atom stereocenters. The number of amides is 1. The van der Waals surface area contributed by atoms with Crippen LogP contribution in [-0.4, -0.2) is 32.4 Å². The number of carbonyl (C=O) groups excluding carboxylic acids is 1. The van der Waals surface area contributed by atoms with Crippen molar-refractivity contribution in [3.63, 3.8) is 0 Å². The summed E-state index contributed by atoms with van der Waals surface area (Å²) in [6.45, 7) is 2.29. The Morgan fingerprint density at radius 1 is 1.11 bits per heavy atom. The van der Waals surface area contributed by atoms with Crippen molar-refractivity contribution in [3.8, 4) is 17.1 Å². The second kappa shape index (κ2) is 7.87. The van der Waals surface area contributed by atoms with Gasteiger partial charge in [0, 0.05) is 23.9 Å². The second-order valence-corrected chi connectivity index (χ2v) is 6.36. The first-order valence-electron chi connectivity index (χ1n) is 8.97. The van der Waals surface area contributed by atoms with Crippen LogP contribution in [0.4, 0.5) is 0 Å². The van der Waals surface area contributed by atoms with Crippen molar-refractivity contribution in [1.82, 2.24) is 25.2 Å². The van der Waals surface area contributed by atoms with Gasteiger partial charge in [0.05, 0.1) is 11.9 Å². The van der Waals surface area contributed by atoms with Crippen LogP contribution in [0.3, 0.4) is 0 Å². The first-order chi connectivity index (χ1) is 13.7. The second-order valence-electron chi connectivity index (χ2n) is 6.36. The van der Waals surface area contributed by atoms with E-state index in [0.717, 1.165) is 16.8 Å². The molecule has 1 N–H and O–H groups in total. The maximum atomic E-state index is 12.3. The van der Waals surface area contributed by atoms with E-state index in [2.05, 4.69) is 20.6 Å². The molecule has 0 fully saturated rings. The van der Waals surface area contributed by atoms with Crippen molar-refractivity contribution < 1.29 is 9.32 Å². The molecule has 140 valence electrons. The topological polar surface area (TPSA) is 85.8 Å². The van der Waals surface area contributed by atoms with Crippen molar-refractivity contribution in [3.05, 3.63) is 83.9 Å². The summed E-state index contributed by atoms with van der Waals surface area (Å²) in [4.78, 5) is 16.5. The lowest BCUT2D eigenvalue weighted by molar-refractivity contribution is 0.0954. The molecule has 0 aliphatic heterocycles. The maximum absolute atomic E-state index is 12.3. The predicted molar refractivity (Wildman–Crippen MR) is 104 cm³/mol. The van der Waals surface area contributed by atoms with E-state index in [-0.39, 0.29) is 5.91 Å². The summed E-state index contributed by atoms with van der Waals surface area (Å²) in [6.07, 6.45) is 4.50. The predicted octanol–water partition coefficient (Wildman–Crippen LogP) is 3.20. The van der Waals surface area contributed by atoms with E-state index in [1.807, 2.05) is 47.4 Å². The highest BCUT2D eigenvalue weighted by atomic mass is 16.5. The van der Waals surface area contributed by atoms with Gasteiger partial charge in [0.25, 0.3) is 11.8 Å². The average molecular weight is 373 g/mol.